The van der Waals surface area contributed by atoms with Gasteiger partial charge in [0, 0.05) is 19.2 Å². The minimum absolute atomic E-state index is 0.377. The molecule has 3 nitrogen and oxygen atoms in total. The second-order valence-electron chi connectivity index (χ2n) is 3.81. The van der Waals surface area contributed by atoms with Gasteiger partial charge in [-0.25, -0.2) is 9.97 Å². The van der Waals surface area contributed by atoms with E-state index in [-0.39, 0.29) is 0 Å². The molecule has 0 saturated carbocycles. The summed E-state index contributed by atoms with van der Waals surface area (Å²) < 4.78 is 37.3. The highest BCUT2D eigenvalue weighted by Gasteiger charge is 2.33. The highest BCUT2D eigenvalue weighted by Crippen LogP contribution is 2.29. The summed E-state index contributed by atoms with van der Waals surface area (Å²) in [6.07, 6.45) is -0.273. The lowest BCUT2D eigenvalue weighted by Gasteiger charge is -2.27. The molecular formula is C10H12F3N3. The number of halogens is 3. The molecule has 0 atom stereocenters. The molecule has 0 N–H and O–H groups in total. The summed E-state index contributed by atoms with van der Waals surface area (Å²) in [5.41, 5.74) is -0.872. The first-order valence-corrected chi connectivity index (χ1v) is 5.21. The molecule has 1 aliphatic rings. The van der Waals surface area contributed by atoms with Crippen molar-refractivity contribution < 1.29 is 13.2 Å². The zero-order chi connectivity index (χ0) is 11.6. The van der Waals surface area contributed by atoms with Gasteiger partial charge in [0.1, 0.15) is 17.8 Å². The van der Waals surface area contributed by atoms with E-state index in [0.717, 1.165) is 44.7 Å². The molecule has 0 spiro atoms. The normalized spacial score (nSPS) is 17.6. The van der Waals surface area contributed by atoms with Crippen LogP contribution in [0.25, 0.3) is 0 Å². The predicted octanol–water partition coefficient (Wildman–Crippen LogP) is 2.49. The number of rotatable bonds is 1. The highest BCUT2D eigenvalue weighted by molar-refractivity contribution is 5.39. The minimum Gasteiger partial charge on any atom is -0.357 e. The van der Waals surface area contributed by atoms with E-state index in [0.29, 0.717) is 5.82 Å². The van der Waals surface area contributed by atoms with Gasteiger partial charge in [0.05, 0.1) is 0 Å². The molecule has 0 aromatic carbocycles. The number of alkyl halides is 3. The lowest BCUT2D eigenvalue weighted by Crippen LogP contribution is -2.30. The van der Waals surface area contributed by atoms with Gasteiger partial charge in [-0.15, -0.1) is 0 Å². The van der Waals surface area contributed by atoms with Gasteiger partial charge >= 0.3 is 6.18 Å². The fraction of sp³-hybridized carbons (Fsp3) is 0.600. The molecule has 16 heavy (non-hydrogen) atoms. The van der Waals surface area contributed by atoms with Crippen LogP contribution in [-0.4, -0.2) is 23.1 Å². The Balaban J connectivity index is 2.21. The lowest BCUT2D eigenvalue weighted by atomic mass is 10.1. The summed E-state index contributed by atoms with van der Waals surface area (Å²) in [5.74, 6) is 0.377. The van der Waals surface area contributed by atoms with Gasteiger partial charge in [0.15, 0.2) is 0 Å². The Bertz CT molecular complexity index is 359. The van der Waals surface area contributed by atoms with E-state index in [1.54, 1.807) is 0 Å². The van der Waals surface area contributed by atoms with E-state index in [1.807, 2.05) is 4.90 Å². The third-order valence-electron chi connectivity index (χ3n) is 2.62. The number of anilines is 1. The Morgan fingerprint density at radius 3 is 2.38 bits per heavy atom. The van der Waals surface area contributed by atoms with Crippen molar-refractivity contribution in [3.63, 3.8) is 0 Å². The minimum atomic E-state index is -4.40. The molecule has 0 amide bonds. The van der Waals surface area contributed by atoms with Crippen LogP contribution in [0, 0.1) is 0 Å². The van der Waals surface area contributed by atoms with E-state index in [2.05, 4.69) is 9.97 Å². The standard InChI is InChI=1S/C10H12F3N3/c11-10(12,13)8-6-9(15-7-14-8)16-4-2-1-3-5-16/h6-7H,1-5H2. The zero-order valence-electron chi connectivity index (χ0n) is 8.67. The topological polar surface area (TPSA) is 29.0 Å². The van der Waals surface area contributed by atoms with E-state index >= 15 is 0 Å². The number of hydrogen-bond acceptors (Lipinski definition) is 3. The van der Waals surface area contributed by atoms with Crippen LogP contribution in [-0.2, 0) is 6.18 Å². The summed E-state index contributed by atoms with van der Waals surface area (Å²) in [6.45, 7) is 1.54. The van der Waals surface area contributed by atoms with Crippen molar-refractivity contribution in [3.05, 3.63) is 18.1 Å². The highest BCUT2D eigenvalue weighted by atomic mass is 19.4. The molecule has 1 fully saturated rings. The van der Waals surface area contributed by atoms with Crippen molar-refractivity contribution in [2.75, 3.05) is 18.0 Å². The van der Waals surface area contributed by atoms with Crippen LogP contribution >= 0.6 is 0 Å². The van der Waals surface area contributed by atoms with Crippen LogP contribution in [0.3, 0.4) is 0 Å². The number of nitrogens with zero attached hydrogens (tertiary/aromatic N) is 3. The molecule has 1 aliphatic heterocycles. The fourth-order valence-corrected chi connectivity index (χ4v) is 1.80. The van der Waals surface area contributed by atoms with E-state index in [9.17, 15) is 13.2 Å². The van der Waals surface area contributed by atoms with Crippen LogP contribution < -0.4 is 4.90 Å². The van der Waals surface area contributed by atoms with Gasteiger partial charge in [-0.2, -0.15) is 13.2 Å². The van der Waals surface area contributed by atoms with Crippen LogP contribution in [0.15, 0.2) is 12.4 Å². The van der Waals surface area contributed by atoms with Gasteiger partial charge in [0.25, 0.3) is 0 Å². The Kier molecular flexibility index (Phi) is 2.98. The monoisotopic (exact) mass is 231 g/mol. The van der Waals surface area contributed by atoms with Crippen molar-refractivity contribution in [2.24, 2.45) is 0 Å². The summed E-state index contributed by atoms with van der Waals surface area (Å²) in [4.78, 5) is 9.01. The van der Waals surface area contributed by atoms with Crippen LogP contribution in [0.4, 0.5) is 19.0 Å². The second-order valence-corrected chi connectivity index (χ2v) is 3.81. The number of piperidine rings is 1. The van der Waals surface area contributed by atoms with Crippen LogP contribution in [0.2, 0.25) is 0 Å². The molecular weight excluding hydrogens is 219 g/mol. The summed E-state index contributed by atoms with van der Waals surface area (Å²) >= 11 is 0. The molecule has 0 aliphatic carbocycles. The first kappa shape index (κ1) is 11.2. The number of hydrogen-bond donors (Lipinski definition) is 0. The summed E-state index contributed by atoms with van der Waals surface area (Å²) in [7, 11) is 0. The average molecular weight is 231 g/mol. The Hall–Kier alpha value is -1.33. The molecule has 88 valence electrons. The summed E-state index contributed by atoms with van der Waals surface area (Å²) in [5, 5.41) is 0. The van der Waals surface area contributed by atoms with Gasteiger partial charge in [-0.05, 0) is 19.3 Å². The Labute approximate surface area is 91.3 Å². The average Bonchev–Trinajstić information content (AvgIpc) is 2.29. The second kappa shape index (κ2) is 4.27. The van der Waals surface area contributed by atoms with Gasteiger partial charge in [-0.1, -0.05) is 0 Å². The van der Waals surface area contributed by atoms with E-state index < -0.39 is 11.9 Å². The molecule has 1 aromatic heterocycles. The quantitative estimate of drug-likeness (QED) is 0.743. The van der Waals surface area contributed by atoms with Crippen molar-refractivity contribution in [1.29, 1.82) is 0 Å². The zero-order valence-corrected chi connectivity index (χ0v) is 8.67. The fourth-order valence-electron chi connectivity index (χ4n) is 1.80. The molecule has 0 bridgehead atoms. The molecule has 1 saturated heterocycles. The first-order chi connectivity index (χ1) is 7.57. The molecule has 2 rings (SSSR count). The SMILES string of the molecule is FC(F)(F)c1cc(N2CCCCC2)ncn1. The molecule has 0 unspecified atom stereocenters. The van der Waals surface area contributed by atoms with Crippen LogP contribution in [0.5, 0.6) is 0 Å². The predicted molar refractivity (Wildman–Crippen MR) is 53.1 cm³/mol. The van der Waals surface area contributed by atoms with Crippen molar-refractivity contribution >= 4 is 5.82 Å². The lowest BCUT2D eigenvalue weighted by molar-refractivity contribution is -0.141. The molecule has 1 aromatic rings. The Morgan fingerprint density at radius 2 is 1.75 bits per heavy atom. The first-order valence-electron chi connectivity index (χ1n) is 5.21. The van der Waals surface area contributed by atoms with Crippen LogP contribution in [0.1, 0.15) is 25.0 Å². The van der Waals surface area contributed by atoms with E-state index in [4.69, 9.17) is 0 Å². The van der Waals surface area contributed by atoms with Gasteiger partial charge in [-0.3, -0.25) is 0 Å². The summed E-state index contributed by atoms with van der Waals surface area (Å²) in [6, 6.07) is 1.02. The van der Waals surface area contributed by atoms with E-state index in [1.165, 1.54) is 0 Å². The largest absolute Gasteiger partial charge is 0.433 e. The third kappa shape index (κ3) is 2.43. The van der Waals surface area contributed by atoms with Crippen molar-refractivity contribution in [1.82, 2.24) is 9.97 Å². The Morgan fingerprint density at radius 1 is 1.06 bits per heavy atom. The molecule has 6 heteroatoms. The molecule has 2 heterocycles. The molecule has 0 radical (unpaired) electrons. The third-order valence-corrected chi connectivity index (χ3v) is 2.62. The maximum Gasteiger partial charge on any atom is 0.433 e. The van der Waals surface area contributed by atoms with Gasteiger partial charge in [0.2, 0.25) is 0 Å². The van der Waals surface area contributed by atoms with Gasteiger partial charge < -0.3 is 4.90 Å². The number of aromatic nitrogens is 2. The maximum atomic E-state index is 12.4. The van der Waals surface area contributed by atoms with Crippen molar-refractivity contribution in [2.45, 2.75) is 25.4 Å². The smallest absolute Gasteiger partial charge is 0.357 e. The maximum absolute atomic E-state index is 12.4. The van der Waals surface area contributed by atoms with Crippen molar-refractivity contribution in [3.8, 4) is 0 Å².